The van der Waals surface area contributed by atoms with E-state index in [1.807, 2.05) is 12.1 Å². The topological polar surface area (TPSA) is 96.3 Å². The fourth-order valence-corrected chi connectivity index (χ4v) is 4.33. The van der Waals surface area contributed by atoms with Gasteiger partial charge in [-0.15, -0.1) is 0 Å². The monoisotopic (exact) mass is 487 g/mol. The van der Waals surface area contributed by atoms with Crippen LogP contribution in [0.25, 0.3) is 5.76 Å². The molecule has 0 aromatic heterocycles. The molecular weight excluding hydrogens is 458 g/mol. The Kier molecular flexibility index (Phi) is 7.01. The first kappa shape index (κ1) is 24.9. The first-order valence-electron chi connectivity index (χ1n) is 11.8. The number of hydrogen-bond donors (Lipinski definition) is 2. The van der Waals surface area contributed by atoms with Crippen molar-refractivity contribution in [3.05, 3.63) is 89.0 Å². The fourth-order valence-electron chi connectivity index (χ4n) is 4.33. The zero-order valence-corrected chi connectivity index (χ0v) is 20.7. The van der Waals surface area contributed by atoms with Crippen molar-refractivity contribution in [3.63, 3.8) is 0 Å². The van der Waals surface area contributed by atoms with E-state index < -0.39 is 17.7 Å². The summed E-state index contributed by atoms with van der Waals surface area (Å²) >= 11 is 0. The number of rotatable bonds is 7. The van der Waals surface area contributed by atoms with Gasteiger partial charge in [-0.1, -0.05) is 44.2 Å². The molecule has 1 heterocycles. The summed E-state index contributed by atoms with van der Waals surface area (Å²) in [6, 6.07) is 17.8. The van der Waals surface area contributed by atoms with Crippen molar-refractivity contribution in [3.8, 4) is 17.2 Å². The number of benzene rings is 3. The molecule has 1 fully saturated rings. The van der Waals surface area contributed by atoms with Crippen LogP contribution in [0.1, 0.15) is 49.4 Å². The maximum absolute atomic E-state index is 13.4. The van der Waals surface area contributed by atoms with E-state index in [1.54, 1.807) is 55.5 Å². The summed E-state index contributed by atoms with van der Waals surface area (Å²) in [6.07, 6.45) is 0. The number of ketones is 1. The van der Waals surface area contributed by atoms with Gasteiger partial charge in [-0.3, -0.25) is 14.5 Å². The Morgan fingerprint density at radius 3 is 2.39 bits per heavy atom. The van der Waals surface area contributed by atoms with E-state index in [4.69, 9.17) is 9.47 Å². The van der Waals surface area contributed by atoms with Crippen molar-refractivity contribution in [1.82, 2.24) is 0 Å². The smallest absolute Gasteiger partial charge is 0.300 e. The van der Waals surface area contributed by atoms with Crippen LogP contribution in [0, 0.1) is 0 Å². The minimum absolute atomic E-state index is 0.0608. The summed E-state index contributed by atoms with van der Waals surface area (Å²) < 4.78 is 10.8. The van der Waals surface area contributed by atoms with Crippen molar-refractivity contribution in [1.29, 1.82) is 0 Å². The van der Waals surface area contributed by atoms with E-state index in [9.17, 15) is 19.8 Å². The molecule has 1 unspecified atom stereocenters. The highest BCUT2D eigenvalue weighted by atomic mass is 16.5. The average molecular weight is 488 g/mol. The van der Waals surface area contributed by atoms with Gasteiger partial charge in [0, 0.05) is 11.3 Å². The molecule has 0 saturated carbocycles. The van der Waals surface area contributed by atoms with Crippen LogP contribution in [0.5, 0.6) is 17.2 Å². The van der Waals surface area contributed by atoms with Gasteiger partial charge >= 0.3 is 0 Å². The highest BCUT2D eigenvalue weighted by Crippen LogP contribution is 2.44. The van der Waals surface area contributed by atoms with Crippen molar-refractivity contribution in [2.75, 3.05) is 18.6 Å². The van der Waals surface area contributed by atoms with E-state index >= 15 is 0 Å². The molecule has 2 N–H and O–H groups in total. The molecule has 0 spiro atoms. The van der Waals surface area contributed by atoms with Gasteiger partial charge < -0.3 is 19.7 Å². The van der Waals surface area contributed by atoms with Crippen molar-refractivity contribution >= 4 is 23.1 Å². The highest BCUT2D eigenvalue weighted by molar-refractivity contribution is 6.51. The van der Waals surface area contributed by atoms with Gasteiger partial charge in [0.05, 0.1) is 25.3 Å². The number of aromatic hydroxyl groups is 1. The standard InChI is InChI=1S/C29H29NO6/c1-5-36-24-16-19(11-14-23(24)31)26-25(27(32)20-7-6-8-22(15-20)35-4)28(33)29(34)30(26)21-12-9-18(10-13-21)17(2)3/h6-17,26,31-32H,5H2,1-4H3/b27-25-. The number of anilines is 1. The molecule has 1 atom stereocenters. The second-order valence-corrected chi connectivity index (χ2v) is 8.81. The van der Waals surface area contributed by atoms with Gasteiger partial charge in [0.1, 0.15) is 11.5 Å². The summed E-state index contributed by atoms with van der Waals surface area (Å²) in [5.41, 5.74) is 2.40. The molecule has 0 aliphatic carbocycles. The van der Waals surface area contributed by atoms with Gasteiger partial charge in [0.25, 0.3) is 11.7 Å². The third kappa shape index (κ3) is 4.52. The molecule has 1 amide bonds. The Labute approximate surface area is 210 Å². The normalized spacial score (nSPS) is 17.0. The number of methoxy groups -OCH3 is 1. The van der Waals surface area contributed by atoms with Crippen LogP contribution < -0.4 is 14.4 Å². The molecule has 1 saturated heterocycles. The molecule has 1 aliphatic heterocycles. The van der Waals surface area contributed by atoms with E-state index in [0.717, 1.165) is 5.56 Å². The minimum Gasteiger partial charge on any atom is -0.507 e. The maximum atomic E-state index is 13.4. The largest absolute Gasteiger partial charge is 0.507 e. The van der Waals surface area contributed by atoms with E-state index in [0.29, 0.717) is 35.1 Å². The zero-order chi connectivity index (χ0) is 26.0. The number of carbonyl (C=O) groups is 2. The number of ether oxygens (including phenoxy) is 2. The summed E-state index contributed by atoms with van der Waals surface area (Å²) in [4.78, 5) is 28.1. The van der Waals surface area contributed by atoms with Crippen LogP contribution >= 0.6 is 0 Å². The van der Waals surface area contributed by atoms with Gasteiger partial charge in [0.15, 0.2) is 11.5 Å². The van der Waals surface area contributed by atoms with Gasteiger partial charge in [-0.05, 0) is 60.4 Å². The van der Waals surface area contributed by atoms with Crippen LogP contribution in [-0.2, 0) is 9.59 Å². The lowest BCUT2D eigenvalue weighted by Gasteiger charge is -2.26. The Morgan fingerprint density at radius 1 is 1.03 bits per heavy atom. The predicted molar refractivity (Wildman–Crippen MR) is 138 cm³/mol. The summed E-state index contributed by atoms with van der Waals surface area (Å²) in [7, 11) is 1.50. The number of Topliss-reactive ketones (excluding diaryl/α,β-unsaturated/α-hetero) is 1. The van der Waals surface area contributed by atoms with Crippen LogP contribution in [0.2, 0.25) is 0 Å². The molecule has 0 radical (unpaired) electrons. The first-order chi connectivity index (χ1) is 17.3. The average Bonchev–Trinajstić information content (AvgIpc) is 3.15. The van der Waals surface area contributed by atoms with Crippen molar-refractivity contribution in [2.45, 2.75) is 32.7 Å². The molecule has 3 aromatic rings. The third-order valence-electron chi connectivity index (χ3n) is 6.22. The molecule has 4 rings (SSSR count). The van der Waals surface area contributed by atoms with Crippen molar-refractivity contribution in [2.24, 2.45) is 0 Å². The lowest BCUT2D eigenvalue weighted by molar-refractivity contribution is -0.132. The number of phenols is 1. The quantitative estimate of drug-likeness (QED) is 0.258. The Bertz CT molecular complexity index is 1330. The second-order valence-electron chi connectivity index (χ2n) is 8.81. The van der Waals surface area contributed by atoms with Crippen LogP contribution in [0.4, 0.5) is 5.69 Å². The van der Waals surface area contributed by atoms with Gasteiger partial charge in [-0.25, -0.2) is 0 Å². The summed E-state index contributed by atoms with van der Waals surface area (Å²) in [5, 5.41) is 21.6. The third-order valence-corrected chi connectivity index (χ3v) is 6.22. The van der Waals surface area contributed by atoms with E-state index in [1.165, 1.54) is 18.1 Å². The molecule has 186 valence electrons. The number of carbonyl (C=O) groups excluding carboxylic acids is 2. The maximum Gasteiger partial charge on any atom is 0.300 e. The Morgan fingerprint density at radius 2 is 1.75 bits per heavy atom. The Hall–Kier alpha value is -4.26. The predicted octanol–water partition coefficient (Wildman–Crippen LogP) is 5.55. The summed E-state index contributed by atoms with van der Waals surface area (Å²) in [6.45, 7) is 6.25. The molecule has 3 aromatic carbocycles. The molecular formula is C29H29NO6. The zero-order valence-electron chi connectivity index (χ0n) is 20.7. The van der Waals surface area contributed by atoms with Crippen LogP contribution in [-0.4, -0.2) is 35.6 Å². The molecule has 0 bridgehead atoms. The van der Waals surface area contributed by atoms with Crippen LogP contribution in [0.3, 0.4) is 0 Å². The highest BCUT2D eigenvalue weighted by Gasteiger charge is 2.47. The minimum atomic E-state index is -0.944. The van der Waals surface area contributed by atoms with E-state index in [2.05, 4.69) is 13.8 Å². The molecule has 7 heteroatoms. The Balaban J connectivity index is 1.94. The molecule has 1 aliphatic rings. The molecule has 36 heavy (non-hydrogen) atoms. The number of aliphatic hydroxyl groups is 1. The fraction of sp³-hybridized carbons (Fsp3) is 0.241. The lowest BCUT2D eigenvalue weighted by atomic mass is 9.94. The van der Waals surface area contributed by atoms with E-state index in [-0.39, 0.29) is 22.8 Å². The number of hydrogen-bond acceptors (Lipinski definition) is 6. The second kappa shape index (κ2) is 10.2. The molecule has 7 nitrogen and oxygen atoms in total. The number of phenolic OH excluding ortho intramolecular Hbond substituents is 1. The lowest BCUT2D eigenvalue weighted by Crippen LogP contribution is -2.29. The SMILES string of the molecule is CCOc1cc(C2/C(=C(/O)c3cccc(OC)c3)C(=O)C(=O)N2c2ccc(C(C)C)cc2)ccc1O. The van der Waals surface area contributed by atoms with Gasteiger partial charge in [-0.2, -0.15) is 0 Å². The summed E-state index contributed by atoms with van der Waals surface area (Å²) in [5.74, 6) is -0.929. The number of aliphatic hydroxyl groups excluding tert-OH is 1. The number of amides is 1. The number of nitrogens with zero attached hydrogens (tertiary/aromatic N) is 1. The van der Waals surface area contributed by atoms with Gasteiger partial charge in [0.2, 0.25) is 0 Å². The van der Waals surface area contributed by atoms with Crippen LogP contribution in [0.15, 0.2) is 72.3 Å². The first-order valence-corrected chi connectivity index (χ1v) is 11.8. The van der Waals surface area contributed by atoms with Crippen molar-refractivity contribution < 1.29 is 29.3 Å².